The highest BCUT2D eigenvalue weighted by Crippen LogP contribution is 2.21. The van der Waals surface area contributed by atoms with Crippen LogP contribution < -0.4 is 10.2 Å². The first-order valence-corrected chi connectivity index (χ1v) is 9.26. The number of aromatic nitrogens is 2. The summed E-state index contributed by atoms with van der Waals surface area (Å²) in [7, 11) is 0. The summed E-state index contributed by atoms with van der Waals surface area (Å²) in [5.74, 6) is 2.58. The molecule has 1 amide bonds. The van der Waals surface area contributed by atoms with Crippen LogP contribution >= 0.6 is 15.9 Å². The summed E-state index contributed by atoms with van der Waals surface area (Å²) in [5, 5.41) is 3.24. The molecule has 0 spiro atoms. The Labute approximate surface area is 156 Å². The van der Waals surface area contributed by atoms with E-state index in [4.69, 9.17) is 0 Å². The van der Waals surface area contributed by atoms with Crippen LogP contribution in [0.15, 0.2) is 34.8 Å². The fourth-order valence-electron chi connectivity index (χ4n) is 2.93. The van der Waals surface area contributed by atoms with E-state index in [1.807, 2.05) is 49.1 Å². The van der Waals surface area contributed by atoms with Gasteiger partial charge in [0.1, 0.15) is 17.5 Å². The average molecular weight is 404 g/mol. The van der Waals surface area contributed by atoms with Crippen LogP contribution in [0.3, 0.4) is 0 Å². The van der Waals surface area contributed by atoms with E-state index in [1.54, 1.807) is 0 Å². The van der Waals surface area contributed by atoms with E-state index in [9.17, 15) is 4.79 Å². The predicted octanol–water partition coefficient (Wildman–Crippen LogP) is 2.94. The zero-order valence-corrected chi connectivity index (χ0v) is 16.1. The third-order valence-electron chi connectivity index (χ3n) is 4.18. The average Bonchev–Trinajstić information content (AvgIpc) is 2.61. The number of piperazine rings is 1. The molecule has 6 nitrogen and oxygen atoms in total. The molecule has 25 heavy (non-hydrogen) atoms. The number of nitrogens with one attached hydrogen (secondary N) is 1. The topological polar surface area (TPSA) is 61.4 Å². The standard InChI is InChI=1S/C18H22BrN5O/c1-3-20-16-12-17(22-13(2)21-16)23-8-10-24(11-9-23)18(25)14-6-4-5-7-15(14)19/h4-7,12H,3,8-11H2,1-2H3,(H,20,21,22). The molecule has 2 heterocycles. The quantitative estimate of drug-likeness (QED) is 0.849. The van der Waals surface area contributed by atoms with E-state index in [0.29, 0.717) is 18.7 Å². The molecule has 1 fully saturated rings. The number of halogens is 1. The van der Waals surface area contributed by atoms with Crippen LogP contribution in [0.25, 0.3) is 0 Å². The summed E-state index contributed by atoms with van der Waals surface area (Å²) < 4.78 is 0.837. The number of aryl methyl sites for hydroxylation is 1. The molecular weight excluding hydrogens is 382 g/mol. The molecule has 1 aliphatic heterocycles. The number of amides is 1. The molecule has 1 N–H and O–H groups in total. The minimum atomic E-state index is 0.0688. The monoisotopic (exact) mass is 403 g/mol. The van der Waals surface area contributed by atoms with Gasteiger partial charge in [-0.3, -0.25) is 4.79 Å². The smallest absolute Gasteiger partial charge is 0.255 e. The van der Waals surface area contributed by atoms with E-state index in [-0.39, 0.29) is 5.91 Å². The summed E-state index contributed by atoms with van der Waals surface area (Å²) in [5.41, 5.74) is 0.711. The van der Waals surface area contributed by atoms with Gasteiger partial charge >= 0.3 is 0 Å². The van der Waals surface area contributed by atoms with E-state index >= 15 is 0 Å². The van der Waals surface area contributed by atoms with Crippen molar-refractivity contribution in [1.29, 1.82) is 0 Å². The van der Waals surface area contributed by atoms with Gasteiger partial charge in [-0.2, -0.15) is 0 Å². The van der Waals surface area contributed by atoms with Gasteiger partial charge in [0, 0.05) is 43.3 Å². The van der Waals surface area contributed by atoms with Crippen molar-refractivity contribution in [2.24, 2.45) is 0 Å². The number of carbonyl (C=O) groups excluding carboxylic acids is 1. The molecule has 3 rings (SSSR count). The van der Waals surface area contributed by atoms with Gasteiger partial charge in [-0.05, 0) is 41.9 Å². The second kappa shape index (κ2) is 7.82. The Morgan fingerprint density at radius 3 is 2.60 bits per heavy atom. The molecule has 0 bridgehead atoms. The second-order valence-electron chi connectivity index (χ2n) is 5.95. The first kappa shape index (κ1) is 17.7. The van der Waals surface area contributed by atoms with Crippen molar-refractivity contribution in [1.82, 2.24) is 14.9 Å². The lowest BCUT2D eigenvalue weighted by atomic mass is 10.2. The van der Waals surface area contributed by atoms with Crippen molar-refractivity contribution < 1.29 is 4.79 Å². The summed E-state index contributed by atoms with van der Waals surface area (Å²) in [6.45, 7) is 7.65. The lowest BCUT2D eigenvalue weighted by molar-refractivity contribution is 0.0745. The maximum Gasteiger partial charge on any atom is 0.255 e. The van der Waals surface area contributed by atoms with Crippen molar-refractivity contribution in [3.05, 3.63) is 46.2 Å². The van der Waals surface area contributed by atoms with Gasteiger partial charge in [-0.1, -0.05) is 12.1 Å². The van der Waals surface area contributed by atoms with Gasteiger partial charge in [0.05, 0.1) is 5.56 Å². The van der Waals surface area contributed by atoms with Crippen LogP contribution in [0.5, 0.6) is 0 Å². The number of carbonyl (C=O) groups is 1. The lowest BCUT2D eigenvalue weighted by Crippen LogP contribution is -2.49. The van der Waals surface area contributed by atoms with Crippen LogP contribution in [0.4, 0.5) is 11.6 Å². The van der Waals surface area contributed by atoms with Crippen molar-refractivity contribution in [3.8, 4) is 0 Å². The summed E-state index contributed by atoms with van der Waals surface area (Å²) in [4.78, 5) is 25.7. The number of rotatable bonds is 4. The van der Waals surface area contributed by atoms with Gasteiger partial charge < -0.3 is 15.1 Å². The van der Waals surface area contributed by atoms with Gasteiger partial charge in [0.2, 0.25) is 0 Å². The Kier molecular flexibility index (Phi) is 5.53. The maximum atomic E-state index is 12.7. The third kappa shape index (κ3) is 4.10. The number of nitrogens with zero attached hydrogens (tertiary/aromatic N) is 4. The largest absolute Gasteiger partial charge is 0.370 e. The number of hydrogen-bond donors (Lipinski definition) is 1. The van der Waals surface area contributed by atoms with Crippen molar-refractivity contribution in [3.63, 3.8) is 0 Å². The molecule has 2 aromatic rings. The minimum absolute atomic E-state index is 0.0688. The molecule has 0 unspecified atom stereocenters. The highest BCUT2D eigenvalue weighted by Gasteiger charge is 2.24. The molecule has 1 aromatic heterocycles. The first-order chi connectivity index (χ1) is 12.1. The SMILES string of the molecule is CCNc1cc(N2CCN(C(=O)c3ccccc3Br)CC2)nc(C)n1. The molecule has 0 aliphatic carbocycles. The second-order valence-corrected chi connectivity index (χ2v) is 6.80. The van der Waals surface area contributed by atoms with Crippen LogP contribution in [0, 0.1) is 6.92 Å². The fourth-order valence-corrected chi connectivity index (χ4v) is 3.38. The number of benzene rings is 1. The normalized spacial score (nSPS) is 14.5. The zero-order chi connectivity index (χ0) is 17.8. The Morgan fingerprint density at radius 1 is 1.20 bits per heavy atom. The molecule has 1 aliphatic rings. The number of hydrogen-bond acceptors (Lipinski definition) is 5. The Balaban J connectivity index is 1.68. The van der Waals surface area contributed by atoms with Crippen molar-refractivity contribution >= 4 is 33.5 Å². The number of anilines is 2. The van der Waals surface area contributed by atoms with Crippen molar-refractivity contribution in [2.75, 3.05) is 42.9 Å². The van der Waals surface area contributed by atoms with Gasteiger partial charge in [0.25, 0.3) is 5.91 Å². The molecule has 7 heteroatoms. The molecule has 1 saturated heterocycles. The van der Waals surface area contributed by atoms with Crippen LogP contribution in [0.1, 0.15) is 23.1 Å². The van der Waals surface area contributed by atoms with E-state index < -0.39 is 0 Å². The maximum absolute atomic E-state index is 12.7. The molecule has 0 radical (unpaired) electrons. The first-order valence-electron chi connectivity index (χ1n) is 8.47. The predicted molar refractivity (Wildman–Crippen MR) is 103 cm³/mol. The van der Waals surface area contributed by atoms with Crippen LogP contribution in [-0.4, -0.2) is 53.5 Å². The Bertz CT molecular complexity index is 759. The van der Waals surface area contributed by atoms with Crippen molar-refractivity contribution in [2.45, 2.75) is 13.8 Å². The molecule has 132 valence electrons. The molecule has 0 atom stereocenters. The lowest BCUT2D eigenvalue weighted by Gasteiger charge is -2.35. The molecular formula is C18H22BrN5O. The molecule has 0 saturated carbocycles. The highest BCUT2D eigenvalue weighted by molar-refractivity contribution is 9.10. The van der Waals surface area contributed by atoms with Gasteiger partial charge in [0.15, 0.2) is 0 Å². The zero-order valence-electron chi connectivity index (χ0n) is 14.5. The Morgan fingerprint density at radius 2 is 1.92 bits per heavy atom. The summed E-state index contributed by atoms with van der Waals surface area (Å²) >= 11 is 3.46. The van der Waals surface area contributed by atoms with Gasteiger partial charge in [-0.15, -0.1) is 0 Å². The summed E-state index contributed by atoms with van der Waals surface area (Å²) in [6, 6.07) is 9.53. The van der Waals surface area contributed by atoms with E-state index in [2.05, 4.69) is 36.1 Å². The third-order valence-corrected chi connectivity index (χ3v) is 4.87. The van der Waals surface area contributed by atoms with Gasteiger partial charge in [-0.25, -0.2) is 9.97 Å². The molecule has 1 aromatic carbocycles. The highest BCUT2D eigenvalue weighted by atomic mass is 79.9. The minimum Gasteiger partial charge on any atom is -0.370 e. The summed E-state index contributed by atoms with van der Waals surface area (Å²) in [6.07, 6.45) is 0. The van der Waals surface area contributed by atoms with Crippen LogP contribution in [0.2, 0.25) is 0 Å². The van der Waals surface area contributed by atoms with Crippen LogP contribution in [-0.2, 0) is 0 Å². The fraction of sp³-hybridized carbons (Fsp3) is 0.389. The van der Waals surface area contributed by atoms with E-state index in [1.165, 1.54) is 0 Å². The van der Waals surface area contributed by atoms with E-state index in [0.717, 1.165) is 41.6 Å². The Hall–Kier alpha value is -2.15.